The van der Waals surface area contributed by atoms with E-state index in [-0.39, 0.29) is 11.8 Å². The molecule has 3 rings (SSSR count). The lowest BCUT2D eigenvalue weighted by Crippen LogP contribution is -2.37. The molecule has 0 N–H and O–H groups in total. The predicted molar refractivity (Wildman–Crippen MR) is 99.9 cm³/mol. The van der Waals surface area contributed by atoms with Crippen molar-refractivity contribution in [2.75, 3.05) is 11.4 Å². The van der Waals surface area contributed by atoms with Crippen molar-refractivity contribution in [3.63, 3.8) is 0 Å². The van der Waals surface area contributed by atoms with Gasteiger partial charge in [0.25, 0.3) is 0 Å². The molecule has 122 valence electrons. The number of hydrogen-bond donors (Lipinski definition) is 0. The van der Waals surface area contributed by atoms with Crippen LogP contribution in [0, 0.1) is 12.8 Å². The average Bonchev–Trinajstić information content (AvgIpc) is 2.84. The molecular weight excluding hydrogens is 294 g/mol. The Morgan fingerprint density at radius 1 is 1.33 bits per heavy atom. The second kappa shape index (κ2) is 7.33. The van der Waals surface area contributed by atoms with Crippen molar-refractivity contribution >= 4 is 11.6 Å². The topological polar surface area (TPSA) is 20.3 Å². The summed E-state index contributed by atoms with van der Waals surface area (Å²) in [6.07, 6.45) is 12.7. The van der Waals surface area contributed by atoms with Crippen LogP contribution in [-0.4, -0.2) is 12.5 Å². The van der Waals surface area contributed by atoms with Crippen molar-refractivity contribution in [2.24, 2.45) is 5.92 Å². The van der Waals surface area contributed by atoms with Crippen LogP contribution < -0.4 is 4.90 Å². The van der Waals surface area contributed by atoms with Gasteiger partial charge in [-0.25, -0.2) is 0 Å². The van der Waals surface area contributed by atoms with E-state index in [0.29, 0.717) is 6.54 Å². The number of hydrogen-bond acceptors (Lipinski definition) is 1. The first-order chi connectivity index (χ1) is 11.7. The van der Waals surface area contributed by atoms with Gasteiger partial charge in [-0.3, -0.25) is 4.79 Å². The molecule has 0 heterocycles. The van der Waals surface area contributed by atoms with Crippen molar-refractivity contribution in [2.45, 2.75) is 26.2 Å². The third-order valence-corrected chi connectivity index (χ3v) is 4.69. The lowest BCUT2D eigenvalue weighted by Gasteiger charge is -2.28. The highest BCUT2D eigenvalue weighted by Crippen LogP contribution is 2.33. The Balaban J connectivity index is 1.93. The minimum Gasteiger partial charge on any atom is -0.307 e. The molecule has 0 saturated heterocycles. The van der Waals surface area contributed by atoms with Gasteiger partial charge in [0.1, 0.15) is 0 Å². The maximum absolute atomic E-state index is 13.2. The zero-order valence-corrected chi connectivity index (χ0v) is 14.2. The van der Waals surface area contributed by atoms with Gasteiger partial charge in [0.15, 0.2) is 0 Å². The molecule has 2 heteroatoms. The fourth-order valence-electron chi connectivity index (χ4n) is 3.33. The lowest BCUT2D eigenvalue weighted by atomic mass is 10.0. The highest BCUT2D eigenvalue weighted by Gasteiger charge is 2.31. The van der Waals surface area contributed by atoms with Crippen LogP contribution in [0.5, 0.6) is 0 Å². The molecule has 1 atom stereocenters. The minimum absolute atomic E-state index is 0.0476. The van der Waals surface area contributed by atoms with Crippen LogP contribution >= 0.6 is 0 Å². The molecule has 2 aliphatic carbocycles. The van der Waals surface area contributed by atoms with E-state index in [1.165, 1.54) is 0 Å². The monoisotopic (exact) mass is 317 g/mol. The van der Waals surface area contributed by atoms with Crippen molar-refractivity contribution in [3.8, 4) is 0 Å². The molecule has 0 bridgehead atoms. The van der Waals surface area contributed by atoms with Gasteiger partial charge in [0.2, 0.25) is 5.91 Å². The zero-order valence-electron chi connectivity index (χ0n) is 14.2. The molecule has 1 aromatic rings. The number of carbonyl (C=O) groups excluding carboxylic acids is 1. The number of allylic oxidation sites excluding steroid dienone is 3. The Labute approximate surface area is 144 Å². The Hall–Kier alpha value is -2.57. The molecule has 1 saturated carbocycles. The van der Waals surface area contributed by atoms with Gasteiger partial charge in [-0.1, -0.05) is 42.5 Å². The molecule has 1 fully saturated rings. The van der Waals surface area contributed by atoms with E-state index in [2.05, 4.69) is 25.3 Å². The van der Waals surface area contributed by atoms with Crippen LogP contribution in [0.25, 0.3) is 0 Å². The summed E-state index contributed by atoms with van der Waals surface area (Å²) in [5.74, 6) is 0.121. The zero-order chi connectivity index (χ0) is 16.9. The van der Waals surface area contributed by atoms with Crippen molar-refractivity contribution in [1.29, 1.82) is 0 Å². The molecule has 1 aromatic carbocycles. The smallest absolute Gasteiger partial charge is 0.234 e. The Bertz CT molecular complexity index is 775. The maximum atomic E-state index is 13.2. The fraction of sp³-hybridized carbons (Fsp3) is 0.273. The summed E-state index contributed by atoms with van der Waals surface area (Å²) in [6.45, 7) is 6.74. The molecule has 2 aliphatic rings. The van der Waals surface area contributed by atoms with Crippen LogP contribution in [0.3, 0.4) is 0 Å². The Kier molecular flexibility index (Phi) is 4.98. The first kappa shape index (κ1) is 16.3. The molecular formula is C22H23NO. The summed E-state index contributed by atoms with van der Waals surface area (Å²) in [6, 6.07) is 8.08. The minimum atomic E-state index is -0.0476. The third-order valence-electron chi connectivity index (χ3n) is 4.69. The van der Waals surface area contributed by atoms with E-state index < -0.39 is 0 Å². The number of para-hydroxylation sites is 1. The first-order valence-electron chi connectivity index (χ1n) is 8.50. The van der Waals surface area contributed by atoms with E-state index in [4.69, 9.17) is 0 Å². The lowest BCUT2D eigenvalue weighted by molar-refractivity contribution is -0.121. The molecule has 0 aliphatic heterocycles. The van der Waals surface area contributed by atoms with E-state index >= 15 is 0 Å². The second-order valence-electron chi connectivity index (χ2n) is 6.41. The quantitative estimate of drug-likeness (QED) is 0.572. The van der Waals surface area contributed by atoms with Crippen LogP contribution in [0.2, 0.25) is 0 Å². The Morgan fingerprint density at radius 3 is 2.92 bits per heavy atom. The van der Waals surface area contributed by atoms with Gasteiger partial charge in [-0.05, 0) is 61.6 Å². The normalized spacial score (nSPS) is 19.3. The summed E-state index contributed by atoms with van der Waals surface area (Å²) in [5.41, 5.74) is 7.33. The van der Waals surface area contributed by atoms with Gasteiger partial charge in [-0.15, -0.1) is 5.73 Å². The summed E-state index contributed by atoms with van der Waals surface area (Å²) in [5, 5.41) is 0. The fourth-order valence-corrected chi connectivity index (χ4v) is 3.33. The molecule has 0 spiro atoms. The van der Waals surface area contributed by atoms with Crippen LogP contribution in [0.15, 0.2) is 78.1 Å². The van der Waals surface area contributed by atoms with Crippen LogP contribution in [0.4, 0.5) is 5.69 Å². The summed E-state index contributed by atoms with van der Waals surface area (Å²) in [4.78, 5) is 15.2. The number of amides is 1. The summed E-state index contributed by atoms with van der Waals surface area (Å²) < 4.78 is 0. The molecule has 1 amide bonds. The van der Waals surface area contributed by atoms with Gasteiger partial charge >= 0.3 is 0 Å². The van der Waals surface area contributed by atoms with Gasteiger partial charge in [0, 0.05) is 5.69 Å². The molecule has 1 unspecified atom stereocenters. The number of rotatable bonds is 4. The van der Waals surface area contributed by atoms with Gasteiger partial charge in [0.05, 0.1) is 12.5 Å². The number of nitrogens with zero attached hydrogens (tertiary/aromatic N) is 1. The third kappa shape index (κ3) is 3.50. The highest BCUT2D eigenvalue weighted by atomic mass is 16.2. The SMILES string of the molecule is C=C1CCCC1C(=O)N(CC1=CC=C=CC=C1)c1ccccc1C. The van der Waals surface area contributed by atoms with Gasteiger partial charge < -0.3 is 4.90 Å². The number of benzene rings is 1. The second-order valence-corrected chi connectivity index (χ2v) is 6.41. The molecule has 2 nitrogen and oxygen atoms in total. The number of aryl methyl sites for hydroxylation is 1. The first-order valence-corrected chi connectivity index (χ1v) is 8.50. The predicted octanol–water partition coefficient (Wildman–Crippen LogP) is 4.89. The van der Waals surface area contributed by atoms with E-state index in [0.717, 1.165) is 41.7 Å². The van der Waals surface area contributed by atoms with Crippen molar-refractivity contribution in [1.82, 2.24) is 0 Å². The molecule has 0 aromatic heterocycles. The van der Waals surface area contributed by atoms with Crippen LogP contribution in [-0.2, 0) is 4.79 Å². The highest BCUT2D eigenvalue weighted by molar-refractivity contribution is 5.98. The maximum Gasteiger partial charge on any atom is 0.234 e. The number of anilines is 1. The summed E-state index contributed by atoms with van der Waals surface area (Å²) >= 11 is 0. The Morgan fingerprint density at radius 2 is 2.17 bits per heavy atom. The van der Waals surface area contributed by atoms with Crippen molar-refractivity contribution < 1.29 is 4.79 Å². The van der Waals surface area contributed by atoms with E-state index in [1.54, 1.807) is 0 Å². The standard InChI is InChI=1S/C22H23NO/c1-17-11-9-14-20(17)22(24)23(21-15-8-7-10-18(21)2)16-19-12-5-3-4-6-13-19/h3,5-8,10,12-13,15,20H,1,9,11,14,16H2,2H3. The largest absolute Gasteiger partial charge is 0.307 e. The number of carbonyl (C=O) groups is 1. The van der Waals surface area contributed by atoms with E-state index in [9.17, 15) is 4.79 Å². The van der Waals surface area contributed by atoms with Gasteiger partial charge in [-0.2, -0.15) is 0 Å². The van der Waals surface area contributed by atoms with E-state index in [1.807, 2.05) is 53.5 Å². The van der Waals surface area contributed by atoms with Crippen LogP contribution in [0.1, 0.15) is 24.8 Å². The molecule has 0 radical (unpaired) electrons. The average molecular weight is 317 g/mol. The molecule has 24 heavy (non-hydrogen) atoms. The summed E-state index contributed by atoms with van der Waals surface area (Å²) in [7, 11) is 0. The van der Waals surface area contributed by atoms with Crippen molar-refractivity contribution in [3.05, 3.63) is 83.7 Å².